The third-order valence-electron chi connectivity index (χ3n) is 3.88. The number of thiophene rings is 1. The lowest BCUT2D eigenvalue weighted by atomic mass is 10.1. The van der Waals surface area contributed by atoms with E-state index >= 15 is 0 Å². The van der Waals surface area contributed by atoms with Crippen LogP contribution in [0.4, 0.5) is 8.78 Å². The summed E-state index contributed by atoms with van der Waals surface area (Å²) < 4.78 is 53.8. The Labute approximate surface area is 167 Å². The molecule has 3 aromatic rings. The second-order valence-corrected chi connectivity index (χ2v) is 9.08. The maximum absolute atomic E-state index is 14.2. The number of hydrogen-bond donors (Lipinski definition) is 2. The van der Waals surface area contributed by atoms with Gasteiger partial charge in [-0.1, -0.05) is 17.7 Å². The molecule has 2 aromatic carbocycles. The number of halogens is 3. The molecule has 28 heavy (non-hydrogen) atoms. The molecule has 1 aromatic heterocycles. The van der Waals surface area contributed by atoms with Crippen LogP contribution in [-0.4, -0.2) is 24.6 Å². The van der Waals surface area contributed by atoms with Gasteiger partial charge >= 0.3 is 5.97 Å². The van der Waals surface area contributed by atoms with Crippen LogP contribution in [0.5, 0.6) is 5.75 Å². The van der Waals surface area contributed by atoms with E-state index in [2.05, 4.69) is 0 Å². The minimum absolute atomic E-state index is 0.0307. The van der Waals surface area contributed by atoms with E-state index in [1.54, 1.807) is 17.5 Å². The van der Waals surface area contributed by atoms with Crippen molar-refractivity contribution in [3.8, 4) is 16.2 Å². The number of aromatic hydroxyl groups is 1. The van der Waals surface area contributed by atoms with Gasteiger partial charge in [0, 0.05) is 22.1 Å². The highest BCUT2D eigenvalue weighted by Crippen LogP contribution is 2.36. The molecule has 5 nitrogen and oxygen atoms in total. The van der Waals surface area contributed by atoms with Crippen molar-refractivity contribution in [1.29, 1.82) is 0 Å². The molecule has 10 heteroatoms. The zero-order chi connectivity index (χ0) is 20.6. The van der Waals surface area contributed by atoms with Gasteiger partial charge in [0.2, 0.25) is 0 Å². The molecule has 3 rings (SSSR count). The lowest BCUT2D eigenvalue weighted by Crippen LogP contribution is -2.09. The van der Waals surface area contributed by atoms with Crippen LogP contribution in [0.1, 0.15) is 15.9 Å². The molecule has 0 radical (unpaired) electrons. The number of carbonyl (C=O) groups is 1. The SMILES string of the molecule is O=C(O)c1cc(Cl)c(O)c(S(=O)(=O)Cc2cc(-c3cccs3)c(F)cc2F)c1. The van der Waals surface area contributed by atoms with Crippen LogP contribution >= 0.6 is 22.9 Å². The van der Waals surface area contributed by atoms with Crippen molar-refractivity contribution in [2.75, 3.05) is 0 Å². The molecule has 0 aliphatic carbocycles. The summed E-state index contributed by atoms with van der Waals surface area (Å²) >= 11 is 6.91. The van der Waals surface area contributed by atoms with Crippen molar-refractivity contribution in [2.45, 2.75) is 10.6 Å². The van der Waals surface area contributed by atoms with Crippen molar-refractivity contribution in [3.05, 3.63) is 69.6 Å². The Hall–Kier alpha value is -2.49. The molecule has 0 saturated heterocycles. The van der Waals surface area contributed by atoms with Gasteiger partial charge in [-0.25, -0.2) is 22.0 Å². The van der Waals surface area contributed by atoms with E-state index in [0.717, 1.165) is 18.2 Å². The first kappa shape index (κ1) is 20.2. The number of rotatable bonds is 5. The van der Waals surface area contributed by atoms with Crippen molar-refractivity contribution >= 4 is 38.7 Å². The van der Waals surface area contributed by atoms with Crippen LogP contribution in [0.15, 0.2) is 46.7 Å². The predicted molar refractivity (Wildman–Crippen MR) is 101 cm³/mol. The van der Waals surface area contributed by atoms with Gasteiger partial charge in [-0.05, 0) is 29.6 Å². The highest BCUT2D eigenvalue weighted by atomic mass is 35.5. The van der Waals surface area contributed by atoms with Crippen LogP contribution in [-0.2, 0) is 15.6 Å². The Morgan fingerprint density at radius 2 is 1.86 bits per heavy atom. The van der Waals surface area contributed by atoms with E-state index in [-0.39, 0.29) is 11.1 Å². The molecule has 0 aliphatic heterocycles. The van der Waals surface area contributed by atoms with Crippen LogP contribution in [0.25, 0.3) is 10.4 Å². The minimum atomic E-state index is -4.40. The van der Waals surface area contributed by atoms with Gasteiger partial charge in [-0.15, -0.1) is 11.3 Å². The summed E-state index contributed by atoms with van der Waals surface area (Å²) in [5.74, 6) is -5.15. The highest BCUT2D eigenvalue weighted by molar-refractivity contribution is 7.90. The van der Waals surface area contributed by atoms with Gasteiger partial charge in [0.25, 0.3) is 0 Å². The molecule has 0 atom stereocenters. The number of sulfone groups is 1. The molecule has 0 aliphatic rings. The van der Waals surface area contributed by atoms with E-state index in [1.807, 2.05) is 0 Å². The molecular formula is C18H11ClF2O5S2. The van der Waals surface area contributed by atoms with E-state index in [4.69, 9.17) is 16.7 Å². The summed E-state index contributed by atoms with van der Waals surface area (Å²) in [7, 11) is -4.40. The molecule has 0 spiro atoms. The minimum Gasteiger partial charge on any atom is -0.505 e. The Morgan fingerprint density at radius 3 is 2.46 bits per heavy atom. The Morgan fingerprint density at radius 1 is 1.14 bits per heavy atom. The van der Waals surface area contributed by atoms with Crippen molar-refractivity contribution in [2.24, 2.45) is 0 Å². The molecule has 0 unspecified atom stereocenters. The second-order valence-electron chi connectivity index (χ2n) is 5.77. The quantitative estimate of drug-likeness (QED) is 0.594. The lowest BCUT2D eigenvalue weighted by molar-refractivity contribution is 0.0696. The molecule has 0 amide bonds. The topological polar surface area (TPSA) is 91.7 Å². The van der Waals surface area contributed by atoms with Crippen molar-refractivity contribution < 1.29 is 32.2 Å². The smallest absolute Gasteiger partial charge is 0.335 e. The predicted octanol–water partition coefficient (Wildman–Crippen LogP) is 4.72. The van der Waals surface area contributed by atoms with Crippen molar-refractivity contribution in [1.82, 2.24) is 0 Å². The molecular weight excluding hydrogens is 434 g/mol. The summed E-state index contributed by atoms with van der Waals surface area (Å²) in [6.45, 7) is 0. The number of phenolic OH excluding ortho intramolecular Hbond substituents is 1. The first-order chi connectivity index (χ1) is 13.1. The lowest BCUT2D eigenvalue weighted by Gasteiger charge is -2.11. The first-order valence-electron chi connectivity index (χ1n) is 7.60. The van der Waals surface area contributed by atoms with Gasteiger partial charge in [-0.3, -0.25) is 0 Å². The second kappa shape index (κ2) is 7.50. The van der Waals surface area contributed by atoms with E-state index in [0.29, 0.717) is 10.9 Å². The Balaban J connectivity index is 2.09. The molecule has 1 heterocycles. The number of phenols is 1. The maximum Gasteiger partial charge on any atom is 0.335 e. The van der Waals surface area contributed by atoms with Crippen LogP contribution in [0.3, 0.4) is 0 Å². The van der Waals surface area contributed by atoms with Crippen LogP contribution in [0.2, 0.25) is 5.02 Å². The number of carboxylic acids is 1. The molecule has 0 bridgehead atoms. The standard InChI is InChI=1S/C18H11ClF2O5S2/c19-12-5-9(18(23)24)6-16(17(12)22)28(25,26)8-10-4-11(14(21)7-13(10)20)15-2-1-3-27-15/h1-7,22H,8H2,(H,23,24). The normalized spacial score (nSPS) is 11.5. The monoisotopic (exact) mass is 444 g/mol. The van der Waals surface area contributed by atoms with E-state index < -0.39 is 54.4 Å². The average Bonchev–Trinajstić information content (AvgIpc) is 3.13. The third-order valence-corrected chi connectivity index (χ3v) is 6.74. The fourth-order valence-corrected chi connectivity index (χ4v) is 5.06. The van der Waals surface area contributed by atoms with Gasteiger partial charge in [-0.2, -0.15) is 0 Å². The van der Waals surface area contributed by atoms with Crippen LogP contribution < -0.4 is 0 Å². The Bertz CT molecular complexity index is 1180. The number of carboxylic acid groups (broad SMARTS) is 1. The zero-order valence-corrected chi connectivity index (χ0v) is 16.2. The highest BCUT2D eigenvalue weighted by Gasteiger charge is 2.26. The average molecular weight is 445 g/mol. The fourth-order valence-electron chi connectivity index (χ4n) is 2.54. The first-order valence-corrected chi connectivity index (χ1v) is 10.5. The molecule has 2 N–H and O–H groups in total. The molecule has 0 saturated carbocycles. The summed E-state index contributed by atoms with van der Waals surface area (Å²) in [6.07, 6.45) is 0. The summed E-state index contributed by atoms with van der Waals surface area (Å²) in [4.78, 5) is 10.9. The third kappa shape index (κ3) is 3.87. The Kier molecular flexibility index (Phi) is 5.42. The zero-order valence-electron chi connectivity index (χ0n) is 13.8. The van der Waals surface area contributed by atoms with Crippen LogP contribution in [0, 0.1) is 11.6 Å². The summed E-state index contributed by atoms with van der Waals surface area (Å²) in [5, 5.41) is 20.3. The summed E-state index contributed by atoms with van der Waals surface area (Å²) in [5.41, 5.74) is -0.760. The van der Waals surface area contributed by atoms with Crippen molar-refractivity contribution in [3.63, 3.8) is 0 Å². The maximum atomic E-state index is 14.2. The fraction of sp³-hybridized carbons (Fsp3) is 0.0556. The van der Waals surface area contributed by atoms with Gasteiger partial charge in [0.1, 0.15) is 16.5 Å². The van der Waals surface area contributed by atoms with E-state index in [9.17, 15) is 27.1 Å². The van der Waals surface area contributed by atoms with Gasteiger partial charge in [0.05, 0.1) is 16.3 Å². The number of aromatic carboxylic acids is 1. The van der Waals surface area contributed by atoms with Gasteiger partial charge < -0.3 is 10.2 Å². The van der Waals surface area contributed by atoms with E-state index in [1.165, 1.54) is 11.3 Å². The number of hydrogen-bond acceptors (Lipinski definition) is 5. The number of benzene rings is 2. The largest absolute Gasteiger partial charge is 0.505 e. The molecule has 146 valence electrons. The molecule has 0 fully saturated rings. The van der Waals surface area contributed by atoms with Gasteiger partial charge in [0.15, 0.2) is 15.6 Å². The summed E-state index contributed by atoms with van der Waals surface area (Å²) in [6, 6.07) is 6.55.